The SMILES string of the molecule is COc1ccc(OC)c([C@H](C[NH3+])S(=O)(=O)c2cccs2)c1. The molecular weight excluding hydrogens is 310 g/mol. The first kappa shape index (κ1) is 15.8. The highest BCUT2D eigenvalue weighted by atomic mass is 32.2. The average molecular weight is 328 g/mol. The van der Waals surface area contributed by atoms with Gasteiger partial charge in [0.2, 0.25) is 0 Å². The molecule has 1 heterocycles. The van der Waals surface area contributed by atoms with Gasteiger partial charge in [-0.1, -0.05) is 6.07 Å². The molecule has 1 aromatic heterocycles. The third-order valence-corrected chi connectivity index (χ3v) is 6.78. The van der Waals surface area contributed by atoms with E-state index in [1.54, 1.807) is 42.8 Å². The number of rotatable bonds is 6. The zero-order valence-corrected chi connectivity index (χ0v) is 13.5. The van der Waals surface area contributed by atoms with Crippen LogP contribution in [0.3, 0.4) is 0 Å². The fraction of sp³-hybridized carbons (Fsp3) is 0.286. The number of hydrogen-bond acceptors (Lipinski definition) is 5. The normalized spacial score (nSPS) is 12.9. The quantitative estimate of drug-likeness (QED) is 0.872. The molecule has 1 aromatic carbocycles. The van der Waals surface area contributed by atoms with Crippen molar-refractivity contribution in [1.82, 2.24) is 0 Å². The van der Waals surface area contributed by atoms with Crippen LogP contribution in [0.1, 0.15) is 10.8 Å². The van der Waals surface area contributed by atoms with Crippen LogP contribution in [0.5, 0.6) is 11.5 Å². The van der Waals surface area contributed by atoms with Gasteiger partial charge < -0.3 is 15.2 Å². The summed E-state index contributed by atoms with van der Waals surface area (Å²) >= 11 is 1.20. The van der Waals surface area contributed by atoms with Crippen molar-refractivity contribution in [2.24, 2.45) is 0 Å². The van der Waals surface area contributed by atoms with Crippen molar-refractivity contribution in [2.45, 2.75) is 9.46 Å². The highest BCUT2D eigenvalue weighted by Crippen LogP contribution is 2.37. The maximum Gasteiger partial charge on any atom is 0.200 e. The Balaban J connectivity index is 2.56. The molecule has 2 aromatic rings. The molecule has 0 aliphatic heterocycles. The molecule has 2 rings (SSSR count). The lowest BCUT2D eigenvalue weighted by molar-refractivity contribution is -0.367. The van der Waals surface area contributed by atoms with Crippen LogP contribution in [-0.2, 0) is 9.84 Å². The van der Waals surface area contributed by atoms with Gasteiger partial charge in [-0.15, -0.1) is 11.3 Å². The Hall–Kier alpha value is -1.57. The lowest BCUT2D eigenvalue weighted by atomic mass is 10.1. The molecule has 5 nitrogen and oxygen atoms in total. The molecule has 3 N–H and O–H groups in total. The van der Waals surface area contributed by atoms with Crippen LogP contribution in [0.2, 0.25) is 0 Å². The van der Waals surface area contributed by atoms with E-state index in [9.17, 15) is 8.42 Å². The van der Waals surface area contributed by atoms with Crippen molar-refractivity contribution in [3.05, 3.63) is 41.3 Å². The zero-order chi connectivity index (χ0) is 15.5. The van der Waals surface area contributed by atoms with E-state index in [2.05, 4.69) is 5.73 Å². The van der Waals surface area contributed by atoms with E-state index < -0.39 is 15.1 Å². The van der Waals surface area contributed by atoms with E-state index in [4.69, 9.17) is 9.47 Å². The van der Waals surface area contributed by atoms with Crippen LogP contribution in [0.4, 0.5) is 0 Å². The van der Waals surface area contributed by atoms with Gasteiger partial charge in [0, 0.05) is 5.56 Å². The summed E-state index contributed by atoms with van der Waals surface area (Å²) < 4.78 is 36.3. The van der Waals surface area contributed by atoms with Crippen LogP contribution < -0.4 is 15.2 Å². The van der Waals surface area contributed by atoms with E-state index >= 15 is 0 Å². The smallest absolute Gasteiger partial charge is 0.200 e. The Morgan fingerprint density at radius 3 is 2.52 bits per heavy atom. The zero-order valence-electron chi connectivity index (χ0n) is 11.9. The third-order valence-electron chi connectivity index (χ3n) is 3.20. The molecule has 0 aliphatic rings. The second-order valence-corrected chi connectivity index (χ2v) is 7.67. The Morgan fingerprint density at radius 1 is 1.24 bits per heavy atom. The second-order valence-electron chi connectivity index (χ2n) is 4.36. The number of sulfone groups is 1. The Kier molecular flexibility index (Phi) is 4.87. The van der Waals surface area contributed by atoms with E-state index in [0.29, 0.717) is 21.3 Å². The van der Waals surface area contributed by atoms with E-state index in [0.717, 1.165) is 0 Å². The molecule has 114 valence electrons. The van der Waals surface area contributed by atoms with Crippen molar-refractivity contribution in [1.29, 1.82) is 0 Å². The van der Waals surface area contributed by atoms with Crippen molar-refractivity contribution in [3.8, 4) is 11.5 Å². The number of thiophene rings is 1. The summed E-state index contributed by atoms with van der Waals surface area (Å²) in [7, 11) is -0.441. The van der Waals surface area contributed by atoms with Crippen LogP contribution in [-0.4, -0.2) is 29.2 Å². The minimum absolute atomic E-state index is 0.212. The van der Waals surface area contributed by atoms with Gasteiger partial charge in [0.15, 0.2) is 9.84 Å². The van der Waals surface area contributed by atoms with Crippen molar-refractivity contribution < 1.29 is 23.6 Å². The van der Waals surface area contributed by atoms with Gasteiger partial charge in [-0.25, -0.2) is 8.42 Å². The molecule has 0 aliphatic carbocycles. The number of hydrogen-bond donors (Lipinski definition) is 1. The maximum absolute atomic E-state index is 12.8. The van der Waals surface area contributed by atoms with Crippen LogP contribution >= 0.6 is 11.3 Å². The largest absolute Gasteiger partial charge is 0.497 e. The van der Waals surface area contributed by atoms with Gasteiger partial charge in [0.25, 0.3) is 0 Å². The van der Waals surface area contributed by atoms with Crippen LogP contribution in [0.15, 0.2) is 39.9 Å². The fourth-order valence-electron chi connectivity index (χ4n) is 2.13. The number of quaternary nitrogens is 1. The van der Waals surface area contributed by atoms with Crippen LogP contribution in [0, 0.1) is 0 Å². The van der Waals surface area contributed by atoms with Crippen molar-refractivity contribution in [2.75, 3.05) is 20.8 Å². The van der Waals surface area contributed by atoms with Gasteiger partial charge >= 0.3 is 0 Å². The highest BCUT2D eigenvalue weighted by molar-refractivity contribution is 7.93. The van der Waals surface area contributed by atoms with Gasteiger partial charge in [0.05, 0.1) is 20.8 Å². The molecule has 0 saturated heterocycles. The van der Waals surface area contributed by atoms with E-state index in [-0.39, 0.29) is 6.54 Å². The topological polar surface area (TPSA) is 80.2 Å². The molecule has 7 heteroatoms. The van der Waals surface area contributed by atoms with Crippen molar-refractivity contribution >= 4 is 21.2 Å². The first-order valence-corrected chi connectivity index (χ1v) is 8.75. The second kappa shape index (κ2) is 6.46. The monoisotopic (exact) mass is 328 g/mol. The molecule has 0 saturated carbocycles. The summed E-state index contributed by atoms with van der Waals surface area (Å²) in [5, 5.41) is 0.983. The summed E-state index contributed by atoms with van der Waals surface area (Å²) in [6.45, 7) is 0.212. The maximum atomic E-state index is 12.8. The van der Waals surface area contributed by atoms with Crippen LogP contribution in [0.25, 0.3) is 0 Å². The number of methoxy groups -OCH3 is 2. The lowest BCUT2D eigenvalue weighted by Gasteiger charge is -2.17. The van der Waals surface area contributed by atoms with Crippen molar-refractivity contribution in [3.63, 3.8) is 0 Å². The molecule has 0 spiro atoms. The standard InChI is InChI=1S/C14H17NO4S2/c1-18-10-5-6-12(19-2)11(8-10)13(9-15)21(16,17)14-4-3-7-20-14/h3-8,13H,9,15H2,1-2H3/p+1/t13-/m0/s1. The Morgan fingerprint density at radius 2 is 2.00 bits per heavy atom. The lowest BCUT2D eigenvalue weighted by Crippen LogP contribution is -2.54. The van der Waals surface area contributed by atoms with Gasteiger partial charge in [0.1, 0.15) is 21.0 Å². The molecule has 1 atom stereocenters. The first-order chi connectivity index (χ1) is 10.0. The molecular formula is C14H18NO4S2+. The van der Waals surface area contributed by atoms with Gasteiger partial charge in [-0.2, -0.15) is 0 Å². The van der Waals surface area contributed by atoms with Gasteiger partial charge in [-0.3, -0.25) is 0 Å². The first-order valence-electron chi connectivity index (χ1n) is 6.33. The molecule has 0 radical (unpaired) electrons. The van der Waals surface area contributed by atoms with E-state index in [1.807, 2.05) is 0 Å². The molecule has 0 bridgehead atoms. The minimum Gasteiger partial charge on any atom is -0.497 e. The van der Waals surface area contributed by atoms with Gasteiger partial charge in [-0.05, 0) is 29.6 Å². The summed E-state index contributed by atoms with van der Waals surface area (Å²) in [5.41, 5.74) is 4.37. The summed E-state index contributed by atoms with van der Waals surface area (Å²) in [6.07, 6.45) is 0. The minimum atomic E-state index is -3.50. The summed E-state index contributed by atoms with van der Waals surface area (Å²) in [5.74, 6) is 1.11. The predicted octanol–water partition coefficient (Wildman–Crippen LogP) is 1.52. The highest BCUT2D eigenvalue weighted by Gasteiger charge is 2.33. The molecule has 21 heavy (non-hydrogen) atoms. The Bertz CT molecular complexity index is 696. The van der Waals surface area contributed by atoms with E-state index in [1.165, 1.54) is 18.4 Å². The predicted molar refractivity (Wildman–Crippen MR) is 81.5 cm³/mol. The molecule has 0 amide bonds. The molecule has 0 unspecified atom stereocenters. The third kappa shape index (κ3) is 3.04. The fourth-order valence-corrected chi connectivity index (χ4v) is 5.01. The average Bonchev–Trinajstić information content (AvgIpc) is 3.02. The number of ether oxygens (including phenoxy) is 2. The Labute approximate surface area is 128 Å². The summed E-state index contributed by atoms with van der Waals surface area (Å²) in [6, 6.07) is 8.47. The summed E-state index contributed by atoms with van der Waals surface area (Å²) in [4.78, 5) is 0. The number of benzene rings is 1. The molecule has 0 fully saturated rings.